The Kier molecular flexibility index (Phi) is 3.22. The molecule has 1 aliphatic carbocycles. The van der Waals surface area contributed by atoms with Crippen molar-refractivity contribution in [1.29, 1.82) is 0 Å². The second kappa shape index (κ2) is 4.64. The minimum atomic E-state index is 0.410. The third kappa shape index (κ3) is 2.46. The van der Waals surface area contributed by atoms with E-state index >= 15 is 0 Å². The van der Waals surface area contributed by atoms with Gasteiger partial charge in [0.1, 0.15) is 0 Å². The number of nitrogens with one attached hydrogen (secondary N) is 1. The van der Waals surface area contributed by atoms with Gasteiger partial charge in [0.25, 0.3) is 0 Å². The second-order valence-corrected chi connectivity index (χ2v) is 7.20. The van der Waals surface area contributed by atoms with Crippen LogP contribution < -0.4 is 0 Å². The molecule has 1 unspecified atom stereocenters. The average Bonchev–Trinajstić information content (AvgIpc) is 2.62. The number of H-pyrrole nitrogens is 1. The van der Waals surface area contributed by atoms with Crippen LogP contribution in [-0.2, 0) is 0 Å². The highest BCUT2D eigenvalue weighted by Gasteiger charge is 2.29. The summed E-state index contributed by atoms with van der Waals surface area (Å²) >= 11 is 11.6. The van der Waals surface area contributed by atoms with E-state index < -0.39 is 0 Å². The van der Waals surface area contributed by atoms with E-state index in [4.69, 9.17) is 23.8 Å². The molecule has 1 saturated carbocycles. The highest BCUT2D eigenvalue weighted by atomic mass is 35.5. The van der Waals surface area contributed by atoms with Crippen molar-refractivity contribution in [3.8, 4) is 0 Å². The summed E-state index contributed by atoms with van der Waals surface area (Å²) in [6.45, 7) is 4.71. The second-order valence-electron chi connectivity index (χ2n) is 6.38. The number of nitrogens with zero attached hydrogens (tertiary/aromatic N) is 1. The third-order valence-electron chi connectivity index (χ3n) is 4.22. The molecule has 1 N–H and O–H groups in total. The number of hydrogen-bond donors (Lipinski definition) is 1. The lowest BCUT2D eigenvalue weighted by Crippen LogP contribution is -2.25. The standard InChI is InChI=1S/C15H19ClN2S/c1-15(2)7-3-4-11(9-15)18-13-6-5-10(16)8-12(13)17-14(18)19/h5-6,8,11H,3-4,7,9H2,1-2H3,(H,17,19). The van der Waals surface area contributed by atoms with Crippen LogP contribution in [-0.4, -0.2) is 9.55 Å². The maximum absolute atomic E-state index is 6.05. The van der Waals surface area contributed by atoms with Crippen LogP contribution in [0.1, 0.15) is 45.6 Å². The van der Waals surface area contributed by atoms with Gasteiger partial charge >= 0.3 is 0 Å². The van der Waals surface area contributed by atoms with Crippen LogP contribution >= 0.6 is 23.8 Å². The molecule has 0 aliphatic heterocycles. The lowest BCUT2D eigenvalue weighted by Gasteiger charge is -2.36. The molecule has 1 atom stereocenters. The van der Waals surface area contributed by atoms with Gasteiger partial charge in [-0.05, 0) is 55.1 Å². The maximum Gasteiger partial charge on any atom is 0.178 e. The largest absolute Gasteiger partial charge is 0.331 e. The van der Waals surface area contributed by atoms with Gasteiger partial charge < -0.3 is 9.55 Å². The van der Waals surface area contributed by atoms with Crippen molar-refractivity contribution in [1.82, 2.24) is 9.55 Å². The summed E-state index contributed by atoms with van der Waals surface area (Å²) in [6, 6.07) is 6.48. The van der Waals surface area contributed by atoms with Gasteiger partial charge in [0.15, 0.2) is 4.77 Å². The SMILES string of the molecule is CC1(C)CCCC(n2c(=S)[nH]c3cc(Cl)ccc32)C1. The van der Waals surface area contributed by atoms with Crippen LogP contribution in [0.5, 0.6) is 0 Å². The number of hydrogen-bond acceptors (Lipinski definition) is 1. The van der Waals surface area contributed by atoms with E-state index in [-0.39, 0.29) is 0 Å². The molecule has 0 saturated heterocycles. The van der Waals surface area contributed by atoms with Gasteiger partial charge in [-0.1, -0.05) is 31.9 Å². The van der Waals surface area contributed by atoms with Gasteiger partial charge in [-0.15, -0.1) is 0 Å². The van der Waals surface area contributed by atoms with E-state index in [0.29, 0.717) is 11.5 Å². The van der Waals surface area contributed by atoms with Gasteiger partial charge in [0, 0.05) is 11.1 Å². The predicted octanol–water partition coefficient (Wildman–Crippen LogP) is 5.49. The molecular formula is C15H19ClN2S. The van der Waals surface area contributed by atoms with Crippen molar-refractivity contribution in [2.24, 2.45) is 5.41 Å². The van der Waals surface area contributed by atoms with Crippen molar-refractivity contribution in [2.45, 2.75) is 45.6 Å². The molecule has 0 amide bonds. The fourth-order valence-electron chi connectivity index (χ4n) is 3.34. The van der Waals surface area contributed by atoms with Crippen LogP contribution in [0.25, 0.3) is 11.0 Å². The van der Waals surface area contributed by atoms with Crippen LogP contribution in [0, 0.1) is 10.2 Å². The molecule has 1 heterocycles. The molecule has 102 valence electrons. The molecule has 0 radical (unpaired) electrons. The Labute approximate surface area is 123 Å². The van der Waals surface area contributed by atoms with E-state index in [1.54, 1.807) is 0 Å². The molecule has 1 aromatic heterocycles. The van der Waals surface area contributed by atoms with Crippen LogP contribution in [0.2, 0.25) is 5.02 Å². The van der Waals surface area contributed by atoms with Crippen LogP contribution in [0.3, 0.4) is 0 Å². The molecule has 19 heavy (non-hydrogen) atoms. The first-order valence-electron chi connectivity index (χ1n) is 6.86. The summed E-state index contributed by atoms with van der Waals surface area (Å²) in [5, 5.41) is 0.750. The fraction of sp³-hybridized carbons (Fsp3) is 0.533. The minimum Gasteiger partial charge on any atom is -0.331 e. The van der Waals surface area contributed by atoms with Gasteiger partial charge in [-0.3, -0.25) is 0 Å². The lowest BCUT2D eigenvalue weighted by atomic mass is 9.75. The molecular weight excluding hydrogens is 276 g/mol. The topological polar surface area (TPSA) is 20.7 Å². The molecule has 3 rings (SSSR count). The fourth-order valence-corrected chi connectivity index (χ4v) is 3.87. The smallest absolute Gasteiger partial charge is 0.178 e. The molecule has 1 aromatic carbocycles. The Hall–Kier alpha value is -0.800. The van der Waals surface area contributed by atoms with E-state index in [9.17, 15) is 0 Å². The lowest BCUT2D eigenvalue weighted by molar-refractivity contribution is 0.185. The van der Waals surface area contributed by atoms with E-state index in [0.717, 1.165) is 15.3 Å². The molecule has 0 spiro atoms. The Morgan fingerprint density at radius 3 is 2.95 bits per heavy atom. The maximum atomic E-state index is 6.05. The quantitative estimate of drug-likeness (QED) is 0.689. The number of benzene rings is 1. The number of fused-ring (bicyclic) bond motifs is 1. The van der Waals surface area contributed by atoms with Crippen LogP contribution in [0.15, 0.2) is 18.2 Å². The first-order chi connectivity index (χ1) is 8.96. The number of halogens is 1. The number of imidazole rings is 1. The van der Waals surface area contributed by atoms with Gasteiger partial charge in [-0.25, -0.2) is 0 Å². The summed E-state index contributed by atoms with van der Waals surface area (Å²) in [6.07, 6.45) is 4.99. The summed E-state index contributed by atoms with van der Waals surface area (Å²) in [4.78, 5) is 3.29. The minimum absolute atomic E-state index is 0.410. The van der Waals surface area contributed by atoms with Crippen molar-refractivity contribution in [3.63, 3.8) is 0 Å². The van der Waals surface area contributed by atoms with Crippen LogP contribution in [0.4, 0.5) is 0 Å². The summed E-state index contributed by atoms with van der Waals surface area (Å²) < 4.78 is 3.11. The van der Waals surface area contributed by atoms with Crippen molar-refractivity contribution in [3.05, 3.63) is 28.0 Å². The summed E-state index contributed by atoms with van der Waals surface area (Å²) in [7, 11) is 0. The molecule has 4 heteroatoms. The van der Waals surface area contributed by atoms with Gasteiger partial charge in [0.05, 0.1) is 11.0 Å². The Morgan fingerprint density at radius 2 is 2.21 bits per heavy atom. The highest BCUT2D eigenvalue weighted by Crippen LogP contribution is 2.42. The number of aromatic nitrogens is 2. The van der Waals surface area contributed by atoms with E-state index in [1.807, 2.05) is 12.1 Å². The Morgan fingerprint density at radius 1 is 1.42 bits per heavy atom. The van der Waals surface area contributed by atoms with Gasteiger partial charge in [0.2, 0.25) is 0 Å². The van der Waals surface area contributed by atoms with Crippen molar-refractivity contribution in [2.75, 3.05) is 0 Å². The monoisotopic (exact) mass is 294 g/mol. The number of aromatic amines is 1. The Balaban J connectivity index is 2.09. The first-order valence-corrected chi connectivity index (χ1v) is 7.65. The first kappa shape index (κ1) is 13.2. The van der Waals surface area contributed by atoms with E-state index in [1.165, 1.54) is 31.2 Å². The zero-order valence-electron chi connectivity index (χ0n) is 11.4. The molecule has 2 nitrogen and oxygen atoms in total. The predicted molar refractivity (Wildman–Crippen MR) is 83.4 cm³/mol. The summed E-state index contributed by atoms with van der Waals surface area (Å²) in [5.74, 6) is 0. The molecule has 1 aliphatic rings. The van der Waals surface area contributed by atoms with Crippen molar-refractivity contribution < 1.29 is 0 Å². The van der Waals surface area contributed by atoms with E-state index in [2.05, 4.69) is 29.5 Å². The zero-order valence-corrected chi connectivity index (χ0v) is 12.9. The normalized spacial score (nSPS) is 22.8. The Bertz CT molecular complexity index is 668. The average molecular weight is 295 g/mol. The zero-order chi connectivity index (χ0) is 13.6. The van der Waals surface area contributed by atoms with Crippen molar-refractivity contribution >= 4 is 34.9 Å². The number of rotatable bonds is 1. The van der Waals surface area contributed by atoms with Gasteiger partial charge in [-0.2, -0.15) is 0 Å². The molecule has 1 fully saturated rings. The molecule has 0 bridgehead atoms. The third-order valence-corrected chi connectivity index (χ3v) is 4.76. The molecule has 2 aromatic rings. The summed E-state index contributed by atoms with van der Waals surface area (Å²) in [5.41, 5.74) is 2.63. The highest BCUT2D eigenvalue weighted by molar-refractivity contribution is 7.71.